The summed E-state index contributed by atoms with van der Waals surface area (Å²) in [6.07, 6.45) is 1.86. The van der Waals surface area contributed by atoms with Crippen molar-refractivity contribution in [2.75, 3.05) is 6.54 Å². The lowest BCUT2D eigenvalue weighted by atomic mass is 9.95. The lowest BCUT2D eigenvalue weighted by molar-refractivity contribution is 0.0286. The van der Waals surface area contributed by atoms with E-state index in [-0.39, 0.29) is 4.90 Å². The number of hydrogen-bond acceptors (Lipinski definition) is 4. The number of piperidine rings is 1. The number of carboxylic acid groups (broad SMARTS) is 1. The van der Waals surface area contributed by atoms with Crippen molar-refractivity contribution in [1.29, 1.82) is 0 Å². The molecule has 2 atom stereocenters. The van der Waals surface area contributed by atoms with Gasteiger partial charge in [-0.2, -0.15) is 8.42 Å². The van der Waals surface area contributed by atoms with Gasteiger partial charge in [-0.15, -0.1) is 0 Å². The van der Waals surface area contributed by atoms with Gasteiger partial charge in [0.15, 0.2) is 0 Å². The van der Waals surface area contributed by atoms with Gasteiger partial charge in [0.1, 0.15) is 0 Å². The van der Waals surface area contributed by atoms with Crippen LogP contribution in [0.3, 0.4) is 0 Å². The van der Waals surface area contributed by atoms with Gasteiger partial charge >= 0.3 is 6.09 Å². The molecule has 134 valence electrons. The Morgan fingerprint density at radius 3 is 2.58 bits per heavy atom. The Bertz CT molecular complexity index is 656. The van der Waals surface area contributed by atoms with E-state index in [4.69, 9.17) is 4.18 Å². The minimum atomic E-state index is -3.90. The number of hydrogen-bond donors (Lipinski definition) is 1. The van der Waals surface area contributed by atoms with Crippen LogP contribution in [0.4, 0.5) is 4.79 Å². The average molecular weight is 355 g/mol. The minimum absolute atomic E-state index is 0.106. The van der Waals surface area contributed by atoms with E-state index in [1.807, 2.05) is 13.8 Å². The lowest BCUT2D eigenvalue weighted by Crippen LogP contribution is -2.51. The molecule has 0 aliphatic carbocycles. The van der Waals surface area contributed by atoms with E-state index in [0.29, 0.717) is 25.8 Å². The molecule has 0 aromatic heterocycles. The average Bonchev–Trinajstić information content (AvgIpc) is 2.53. The number of nitrogens with zero attached hydrogens (tertiary/aromatic N) is 1. The van der Waals surface area contributed by atoms with E-state index >= 15 is 0 Å². The molecular weight excluding hydrogens is 330 g/mol. The molecule has 24 heavy (non-hydrogen) atoms. The van der Waals surface area contributed by atoms with Crippen LogP contribution in [0.1, 0.15) is 44.6 Å². The van der Waals surface area contributed by atoms with Crippen LogP contribution in [0, 0.1) is 6.92 Å². The van der Waals surface area contributed by atoms with Crippen molar-refractivity contribution in [2.45, 2.75) is 63.0 Å². The van der Waals surface area contributed by atoms with Crippen LogP contribution in [0.15, 0.2) is 29.2 Å². The third-order valence-corrected chi connectivity index (χ3v) is 5.73. The topological polar surface area (TPSA) is 83.9 Å². The molecule has 7 heteroatoms. The first-order valence-electron chi connectivity index (χ1n) is 8.34. The summed E-state index contributed by atoms with van der Waals surface area (Å²) in [7, 11) is -3.90. The predicted octanol–water partition coefficient (Wildman–Crippen LogP) is 3.40. The van der Waals surface area contributed by atoms with Crippen LogP contribution in [-0.4, -0.2) is 43.2 Å². The van der Waals surface area contributed by atoms with Crippen LogP contribution in [0.2, 0.25) is 0 Å². The van der Waals surface area contributed by atoms with Crippen molar-refractivity contribution in [3.05, 3.63) is 29.8 Å². The highest BCUT2D eigenvalue weighted by atomic mass is 32.2. The first kappa shape index (κ1) is 18.7. The Hall–Kier alpha value is -1.60. The molecule has 2 rings (SSSR count). The monoisotopic (exact) mass is 355 g/mol. The summed E-state index contributed by atoms with van der Waals surface area (Å²) in [5.41, 5.74) is 0.962. The fraction of sp³-hybridized carbons (Fsp3) is 0.588. The van der Waals surface area contributed by atoms with Crippen molar-refractivity contribution in [2.24, 2.45) is 0 Å². The zero-order valence-electron chi connectivity index (χ0n) is 14.1. The Kier molecular flexibility index (Phi) is 6.23. The molecule has 1 heterocycles. The molecule has 1 amide bonds. The molecule has 1 aromatic carbocycles. The quantitative estimate of drug-likeness (QED) is 0.791. The normalized spacial score (nSPS) is 21.7. The SMILES string of the molecule is CCCCC1C(OS(=O)(=O)c2ccc(C)cc2)CCCN1C(=O)O. The highest BCUT2D eigenvalue weighted by Gasteiger charge is 2.37. The molecule has 6 nitrogen and oxygen atoms in total. The smallest absolute Gasteiger partial charge is 0.407 e. The van der Waals surface area contributed by atoms with Crippen molar-refractivity contribution in [3.63, 3.8) is 0 Å². The van der Waals surface area contributed by atoms with E-state index in [1.165, 1.54) is 17.0 Å². The van der Waals surface area contributed by atoms with Gasteiger partial charge in [-0.05, 0) is 38.3 Å². The largest absolute Gasteiger partial charge is 0.465 e. The molecule has 0 bridgehead atoms. The molecule has 1 aromatic rings. The van der Waals surface area contributed by atoms with Crippen LogP contribution >= 0.6 is 0 Å². The Labute approximate surface area is 143 Å². The van der Waals surface area contributed by atoms with Gasteiger partial charge in [0.2, 0.25) is 0 Å². The highest BCUT2D eigenvalue weighted by molar-refractivity contribution is 7.86. The Balaban J connectivity index is 2.20. The second kappa shape index (κ2) is 7.98. The van der Waals surface area contributed by atoms with Gasteiger partial charge in [0.25, 0.3) is 10.1 Å². The Morgan fingerprint density at radius 2 is 2.00 bits per heavy atom. The van der Waals surface area contributed by atoms with Gasteiger partial charge in [0, 0.05) is 6.54 Å². The fourth-order valence-corrected chi connectivity index (χ4v) is 4.18. The number of benzene rings is 1. The summed E-state index contributed by atoms with van der Waals surface area (Å²) in [6, 6.07) is 6.05. The van der Waals surface area contributed by atoms with Crippen molar-refractivity contribution in [1.82, 2.24) is 4.90 Å². The standard InChI is InChI=1S/C17H25NO5S/c1-3-4-6-15-16(7-5-12-18(15)17(19)20)23-24(21,22)14-10-8-13(2)9-11-14/h8-11,15-16H,3-7,12H2,1-2H3,(H,19,20). The molecule has 0 saturated carbocycles. The number of unbranched alkanes of at least 4 members (excludes halogenated alkanes) is 1. The molecular formula is C17H25NO5S. The summed E-state index contributed by atoms with van der Waals surface area (Å²) in [5, 5.41) is 9.39. The third kappa shape index (κ3) is 4.48. The summed E-state index contributed by atoms with van der Waals surface area (Å²) >= 11 is 0. The maximum atomic E-state index is 12.5. The van der Waals surface area contributed by atoms with Gasteiger partial charge in [-0.1, -0.05) is 37.5 Å². The number of rotatable bonds is 6. The first-order valence-corrected chi connectivity index (χ1v) is 9.75. The minimum Gasteiger partial charge on any atom is -0.465 e. The highest BCUT2D eigenvalue weighted by Crippen LogP contribution is 2.28. The predicted molar refractivity (Wildman–Crippen MR) is 90.5 cm³/mol. The van der Waals surface area contributed by atoms with Gasteiger partial charge < -0.3 is 10.0 Å². The zero-order valence-corrected chi connectivity index (χ0v) is 15.0. The first-order chi connectivity index (χ1) is 11.3. The summed E-state index contributed by atoms with van der Waals surface area (Å²) in [6.45, 7) is 4.32. The molecule has 2 unspecified atom stereocenters. The molecule has 1 aliphatic heterocycles. The van der Waals surface area contributed by atoms with E-state index in [9.17, 15) is 18.3 Å². The Morgan fingerprint density at radius 1 is 1.33 bits per heavy atom. The molecule has 0 spiro atoms. The lowest BCUT2D eigenvalue weighted by Gasteiger charge is -2.39. The van der Waals surface area contributed by atoms with Crippen LogP contribution < -0.4 is 0 Å². The summed E-state index contributed by atoms with van der Waals surface area (Å²) in [5.74, 6) is 0. The van der Waals surface area contributed by atoms with E-state index < -0.39 is 28.4 Å². The molecule has 0 radical (unpaired) electrons. The number of carbonyl (C=O) groups is 1. The second-order valence-electron chi connectivity index (χ2n) is 6.23. The zero-order chi connectivity index (χ0) is 17.7. The van der Waals surface area contributed by atoms with Crippen LogP contribution in [0.25, 0.3) is 0 Å². The van der Waals surface area contributed by atoms with Gasteiger partial charge in [-0.25, -0.2) is 4.79 Å². The molecule has 1 N–H and O–H groups in total. The number of amides is 1. The molecule has 1 saturated heterocycles. The van der Waals surface area contributed by atoms with Gasteiger partial charge in [-0.3, -0.25) is 4.18 Å². The van der Waals surface area contributed by atoms with E-state index in [1.54, 1.807) is 12.1 Å². The third-order valence-electron chi connectivity index (χ3n) is 4.38. The van der Waals surface area contributed by atoms with Crippen molar-refractivity contribution >= 4 is 16.2 Å². The van der Waals surface area contributed by atoms with Crippen molar-refractivity contribution in [3.8, 4) is 0 Å². The summed E-state index contributed by atoms with van der Waals surface area (Å²) in [4.78, 5) is 12.9. The van der Waals surface area contributed by atoms with E-state index in [0.717, 1.165) is 18.4 Å². The number of likely N-dealkylation sites (tertiary alicyclic amines) is 1. The summed E-state index contributed by atoms with van der Waals surface area (Å²) < 4.78 is 30.5. The molecule has 1 aliphatic rings. The fourth-order valence-electron chi connectivity index (χ4n) is 3.05. The molecule has 1 fully saturated rings. The van der Waals surface area contributed by atoms with Crippen LogP contribution in [0.5, 0.6) is 0 Å². The van der Waals surface area contributed by atoms with Crippen molar-refractivity contribution < 1.29 is 22.5 Å². The number of aryl methyl sites for hydroxylation is 1. The maximum absolute atomic E-state index is 12.5. The maximum Gasteiger partial charge on any atom is 0.407 e. The van der Waals surface area contributed by atoms with Gasteiger partial charge in [0.05, 0.1) is 17.0 Å². The van der Waals surface area contributed by atoms with E-state index in [2.05, 4.69) is 0 Å². The van der Waals surface area contributed by atoms with Crippen LogP contribution in [-0.2, 0) is 14.3 Å². The second-order valence-corrected chi connectivity index (χ2v) is 7.80.